The Morgan fingerprint density at radius 3 is 2.32 bits per heavy atom. The zero-order valence-corrected chi connectivity index (χ0v) is 47.8. The lowest BCUT2D eigenvalue weighted by atomic mass is 9.91. The van der Waals surface area contributed by atoms with Gasteiger partial charge in [-0.05, 0) is 109 Å². The van der Waals surface area contributed by atoms with Crippen LogP contribution in [0.5, 0.6) is 5.75 Å². The number of likely N-dealkylation sites (N-methyl/N-ethyl adjacent to an activating group) is 1. The molecule has 2 unspecified atom stereocenters. The van der Waals surface area contributed by atoms with Gasteiger partial charge in [0.1, 0.15) is 36.1 Å². The summed E-state index contributed by atoms with van der Waals surface area (Å²) in [5.74, 6) is 2.69. The third-order valence-corrected chi connectivity index (χ3v) is 17.2. The van der Waals surface area contributed by atoms with Crippen LogP contribution in [0.1, 0.15) is 86.9 Å². The first-order valence-corrected chi connectivity index (χ1v) is 28.4. The van der Waals surface area contributed by atoms with Crippen molar-refractivity contribution in [2.75, 3.05) is 114 Å². The quantitative estimate of drug-likeness (QED) is 0.111. The Hall–Kier alpha value is -6.45. The van der Waals surface area contributed by atoms with Crippen LogP contribution in [0.25, 0.3) is 10.9 Å². The topological polar surface area (TPSA) is 184 Å². The molecule has 0 spiro atoms. The Morgan fingerprint density at radius 2 is 1.64 bits per heavy atom. The van der Waals surface area contributed by atoms with E-state index in [-0.39, 0.29) is 23.0 Å². The van der Waals surface area contributed by atoms with E-state index in [4.69, 9.17) is 9.72 Å². The predicted octanol–water partition coefficient (Wildman–Crippen LogP) is 6.72. The zero-order chi connectivity index (χ0) is 55.5. The van der Waals surface area contributed by atoms with Gasteiger partial charge >= 0.3 is 0 Å². The summed E-state index contributed by atoms with van der Waals surface area (Å²) >= 11 is 0. The molecule has 20 heteroatoms. The normalized spacial score (nSPS) is 19.6. The maximum absolute atomic E-state index is 13.8. The van der Waals surface area contributed by atoms with Crippen LogP contribution in [0.15, 0.2) is 78.2 Å². The van der Waals surface area contributed by atoms with Crippen molar-refractivity contribution < 1.29 is 22.9 Å². The molecule has 3 saturated heterocycles. The molecule has 4 aliphatic heterocycles. The fraction of sp³-hybridized carbons (Fsp3) is 0.500. The number of carbonyl (C=O) groups is 2. The highest BCUT2D eigenvalue weighted by molar-refractivity contribution is 7.86. The molecule has 2 aromatic carbocycles. The van der Waals surface area contributed by atoms with Crippen molar-refractivity contribution in [3.05, 3.63) is 113 Å². The number of anilines is 4. The molecule has 8 heterocycles. The summed E-state index contributed by atoms with van der Waals surface area (Å²) in [6.07, 6.45) is 5.78. The number of pyridine rings is 2. The lowest BCUT2D eigenvalue weighted by molar-refractivity contribution is -0.120. The number of nitrogens with zero attached hydrogens (tertiary/aromatic N) is 11. The number of amides is 2. The molecule has 0 saturated carbocycles. The number of rotatable bonds is 13. The zero-order valence-electron chi connectivity index (χ0n) is 47.0. The molecule has 78 heavy (non-hydrogen) atoms. The number of nitrogens with one attached hydrogen (secondary N) is 3. The summed E-state index contributed by atoms with van der Waals surface area (Å²) in [6, 6.07) is 17.0. The van der Waals surface area contributed by atoms with Gasteiger partial charge in [-0.15, -0.1) is 0 Å². The van der Waals surface area contributed by atoms with Crippen LogP contribution in [0.3, 0.4) is 0 Å². The van der Waals surface area contributed by atoms with Crippen LogP contribution in [0.2, 0.25) is 0 Å². The number of piperazine rings is 3. The Morgan fingerprint density at radius 1 is 0.872 bits per heavy atom. The van der Waals surface area contributed by atoms with E-state index in [1.165, 1.54) is 18.5 Å². The van der Waals surface area contributed by atoms with Gasteiger partial charge in [0.25, 0.3) is 5.91 Å². The van der Waals surface area contributed by atoms with Crippen molar-refractivity contribution in [1.29, 1.82) is 0 Å². The second kappa shape index (κ2) is 23.9. The molecule has 3 fully saturated rings. The number of aromatic amines is 1. The largest absolute Gasteiger partial charge is 0.491 e. The monoisotopic (exact) mass is 1080 g/mol. The molecular formula is C58H77FN14O4S. The molecule has 0 bridgehead atoms. The number of hydrogen-bond donors (Lipinski definition) is 3. The number of ether oxygens (including phenoxy) is 1. The van der Waals surface area contributed by atoms with Gasteiger partial charge in [0.2, 0.25) is 5.91 Å². The van der Waals surface area contributed by atoms with Crippen LogP contribution in [0.4, 0.5) is 27.5 Å². The summed E-state index contributed by atoms with van der Waals surface area (Å²) < 4.78 is 32.8. The van der Waals surface area contributed by atoms with Crippen molar-refractivity contribution >= 4 is 56.7 Å². The predicted molar refractivity (Wildman–Crippen MR) is 306 cm³/mol. The van der Waals surface area contributed by atoms with E-state index >= 15 is 0 Å². The van der Waals surface area contributed by atoms with Gasteiger partial charge in [0.15, 0.2) is 5.82 Å². The number of aryl methyl sites for hydroxylation is 1. The van der Waals surface area contributed by atoms with Crippen LogP contribution in [-0.4, -0.2) is 181 Å². The molecule has 0 aliphatic carbocycles. The van der Waals surface area contributed by atoms with Crippen LogP contribution in [-0.2, 0) is 27.4 Å². The number of benzene rings is 2. The van der Waals surface area contributed by atoms with Gasteiger partial charge in [-0.2, -0.15) is 5.10 Å². The SMILES string of the molecule is CC1CN(CC(=O)N2CC(C)(C)c3ncc(Cc4ccc(F)cc4)cc32)CCN1.Cc1[nH]nc(Nc2ncnc3cc(OCCN4CCN(c5ccc(C(=O)N6CCN(C)[C@H](C)C6)cn5)CC4)c(S(=O)C(C)(C)C)cc23)c1C. The van der Waals surface area contributed by atoms with Crippen molar-refractivity contribution in [1.82, 2.24) is 55.0 Å². The molecule has 3 N–H and O–H groups in total. The smallest absolute Gasteiger partial charge is 0.255 e. The van der Waals surface area contributed by atoms with Crippen molar-refractivity contribution in [3.8, 4) is 5.75 Å². The van der Waals surface area contributed by atoms with E-state index in [2.05, 4.69) is 96.2 Å². The second-order valence-corrected chi connectivity index (χ2v) is 25.2. The molecule has 2 amide bonds. The van der Waals surface area contributed by atoms with Crippen molar-refractivity contribution in [3.63, 3.8) is 0 Å². The minimum Gasteiger partial charge on any atom is -0.491 e. The van der Waals surface area contributed by atoms with E-state index in [0.717, 1.165) is 117 Å². The third kappa shape index (κ3) is 13.2. The van der Waals surface area contributed by atoms with E-state index in [1.807, 2.05) is 74.9 Å². The van der Waals surface area contributed by atoms with Gasteiger partial charge in [-0.25, -0.2) is 19.3 Å². The maximum Gasteiger partial charge on any atom is 0.255 e. The molecule has 4 aromatic heterocycles. The number of carbonyl (C=O) groups excluding carboxylic acids is 2. The average molecular weight is 1090 g/mol. The summed E-state index contributed by atoms with van der Waals surface area (Å²) in [6.45, 7) is 29.1. The molecule has 18 nitrogen and oxygen atoms in total. The summed E-state index contributed by atoms with van der Waals surface area (Å²) in [7, 11) is 0.750. The van der Waals surface area contributed by atoms with E-state index < -0.39 is 15.5 Å². The molecule has 10 rings (SSSR count). The Bertz CT molecular complexity index is 3100. The average Bonchev–Trinajstić information content (AvgIpc) is 3.94. The fourth-order valence-corrected chi connectivity index (χ4v) is 11.6. The van der Waals surface area contributed by atoms with Crippen LogP contribution < -0.4 is 25.2 Å². The van der Waals surface area contributed by atoms with Crippen LogP contribution in [0, 0.1) is 19.7 Å². The number of H-pyrrole nitrogens is 1. The van der Waals surface area contributed by atoms with Gasteiger partial charge in [-0.3, -0.25) is 33.7 Å². The number of halogens is 1. The van der Waals surface area contributed by atoms with Crippen molar-refractivity contribution in [2.24, 2.45) is 0 Å². The van der Waals surface area contributed by atoms with E-state index in [9.17, 15) is 18.2 Å². The number of fused-ring (bicyclic) bond motifs is 2. The molecule has 3 atom stereocenters. The van der Waals surface area contributed by atoms with Gasteiger partial charge < -0.3 is 35.0 Å². The Labute approximate surface area is 461 Å². The first-order chi connectivity index (χ1) is 37.2. The molecule has 6 aromatic rings. The standard InChI is InChI=1S/C35H48N10O3S.C23H29FN4O/c1-23-21-45(13-10-42(23)7)34(46)26-8-9-31(36-20-26)44-14-11-43(12-15-44)16-17-48-29-19-28-27(18-30(29)49(47)35(4,5)6)33(38-22-37-28)39-32-24(2)25(3)40-41-32;1-16-13-27(9-8-25-16)14-21(29)28-15-23(2,3)22-20(28)11-18(12-26-22)10-17-4-6-19(24)7-5-17/h8-9,18-20,22-23H,10-17,21H2,1-7H3,(H2,37,38,39,40,41);4-7,11-12,16,25H,8-10,13-15H2,1-3H3/t23-,49?;/m1./s1. The maximum atomic E-state index is 13.8. The molecular weight excluding hydrogens is 1010 g/mol. The second-order valence-electron chi connectivity index (χ2n) is 23.0. The minimum absolute atomic E-state index is 0.0495. The van der Waals surface area contributed by atoms with Gasteiger partial charge in [0, 0.05) is 136 Å². The van der Waals surface area contributed by atoms with Crippen LogP contribution >= 0.6 is 0 Å². The fourth-order valence-electron chi connectivity index (χ4n) is 10.4. The Balaban J connectivity index is 0.000000216. The number of hydrogen-bond acceptors (Lipinski definition) is 15. The van der Waals surface area contributed by atoms with E-state index in [0.29, 0.717) is 71.6 Å². The summed E-state index contributed by atoms with van der Waals surface area (Å²) in [5, 5.41) is 14.8. The lowest BCUT2D eigenvalue weighted by Crippen LogP contribution is -2.52. The summed E-state index contributed by atoms with van der Waals surface area (Å²) in [4.78, 5) is 58.2. The first kappa shape index (κ1) is 56.3. The Kier molecular flexibility index (Phi) is 17.2. The molecule has 416 valence electrons. The molecule has 4 aliphatic rings. The minimum atomic E-state index is -1.35. The lowest BCUT2D eigenvalue weighted by Gasteiger charge is -2.37. The third-order valence-electron chi connectivity index (χ3n) is 15.4. The highest BCUT2D eigenvalue weighted by Gasteiger charge is 2.40. The van der Waals surface area contributed by atoms with E-state index in [1.54, 1.807) is 18.3 Å². The highest BCUT2D eigenvalue weighted by Crippen LogP contribution is 2.40. The molecule has 0 radical (unpaired) electrons. The van der Waals surface area contributed by atoms with Gasteiger partial charge in [-0.1, -0.05) is 26.0 Å². The van der Waals surface area contributed by atoms with Gasteiger partial charge in [0.05, 0.1) is 44.7 Å². The summed E-state index contributed by atoms with van der Waals surface area (Å²) in [5.41, 5.74) is 7.09. The van der Waals surface area contributed by atoms with Crippen molar-refractivity contribution in [2.45, 2.75) is 95.9 Å². The first-order valence-electron chi connectivity index (χ1n) is 27.3. The highest BCUT2D eigenvalue weighted by atomic mass is 32.2. The number of aromatic nitrogens is 6.